The second-order valence-corrected chi connectivity index (χ2v) is 5.00. The first-order valence-corrected chi connectivity index (χ1v) is 6.41. The van der Waals surface area contributed by atoms with Crippen molar-refractivity contribution in [2.45, 2.75) is 31.1 Å². The molecule has 4 nitrogen and oxygen atoms in total. The molecule has 1 aromatic carbocycles. The number of aliphatic hydroxyl groups excluding tert-OH is 1. The molecule has 1 heterocycles. The summed E-state index contributed by atoms with van der Waals surface area (Å²) in [5, 5.41) is 23.1. The van der Waals surface area contributed by atoms with Crippen LogP contribution in [0.4, 0.5) is 0 Å². The van der Waals surface area contributed by atoms with Crippen molar-refractivity contribution < 1.29 is 14.9 Å². The van der Waals surface area contributed by atoms with Crippen LogP contribution in [0.2, 0.25) is 0 Å². The Balaban J connectivity index is 1.67. The minimum Gasteiger partial charge on any atom is -0.392 e. The lowest BCUT2D eigenvalue weighted by Crippen LogP contribution is -2.38. The molecule has 0 bridgehead atoms. The molecule has 18 heavy (non-hydrogen) atoms. The quantitative estimate of drug-likeness (QED) is 0.696. The van der Waals surface area contributed by atoms with E-state index < -0.39 is 11.7 Å². The fourth-order valence-electron chi connectivity index (χ4n) is 2.25. The van der Waals surface area contributed by atoms with E-state index in [-0.39, 0.29) is 0 Å². The zero-order chi connectivity index (χ0) is 12.8. The van der Waals surface area contributed by atoms with Crippen molar-refractivity contribution in [3.63, 3.8) is 0 Å². The average molecular weight is 251 g/mol. The molecule has 2 atom stereocenters. The van der Waals surface area contributed by atoms with Gasteiger partial charge in [0.1, 0.15) is 0 Å². The van der Waals surface area contributed by atoms with E-state index in [2.05, 4.69) is 5.32 Å². The minimum absolute atomic E-state index is 0.336. The van der Waals surface area contributed by atoms with Crippen molar-refractivity contribution >= 4 is 0 Å². The van der Waals surface area contributed by atoms with E-state index in [1.54, 1.807) is 0 Å². The predicted molar refractivity (Wildman–Crippen MR) is 69.2 cm³/mol. The molecule has 1 aromatic rings. The zero-order valence-electron chi connectivity index (χ0n) is 10.5. The summed E-state index contributed by atoms with van der Waals surface area (Å²) >= 11 is 0. The number of benzene rings is 1. The van der Waals surface area contributed by atoms with Gasteiger partial charge >= 0.3 is 0 Å². The summed E-state index contributed by atoms with van der Waals surface area (Å²) in [5.41, 5.74) is 0.348. The highest BCUT2D eigenvalue weighted by Gasteiger charge is 2.34. The van der Waals surface area contributed by atoms with Gasteiger partial charge in [-0.2, -0.15) is 0 Å². The van der Waals surface area contributed by atoms with Crippen LogP contribution in [0, 0.1) is 0 Å². The first kappa shape index (κ1) is 13.5. The van der Waals surface area contributed by atoms with Gasteiger partial charge in [0.15, 0.2) is 0 Å². The second-order valence-electron chi connectivity index (χ2n) is 5.00. The molecule has 0 amide bonds. The highest BCUT2D eigenvalue weighted by Crippen LogP contribution is 2.23. The van der Waals surface area contributed by atoms with Crippen molar-refractivity contribution in [2.75, 3.05) is 19.8 Å². The van der Waals surface area contributed by atoms with Crippen LogP contribution in [-0.2, 0) is 11.3 Å². The van der Waals surface area contributed by atoms with Crippen LogP contribution in [-0.4, -0.2) is 41.7 Å². The molecule has 2 rings (SSSR count). The van der Waals surface area contributed by atoms with Crippen LogP contribution < -0.4 is 5.32 Å². The van der Waals surface area contributed by atoms with Crippen molar-refractivity contribution in [2.24, 2.45) is 0 Å². The maximum atomic E-state index is 10.1. The number of hydrogen-bond donors (Lipinski definition) is 3. The van der Waals surface area contributed by atoms with Crippen molar-refractivity contribution in [1.29, 1.82) is 0 Å². The number of hydrogen-bond acceptors (Lipinski definition) is 4. The molecular weight excluding hydrogens is 230 g/mol. The van der Waals surface area contributed by atoms with E-state index in [9.17, 15) is 10.2 Å². The molecule has 0 aromatic heterocycles. The average Bonchev–Trinajstić information content (AvgIpc) is 2.77. The molecule has 0 spiro atoms. The summed E-state index contributed by atoms with van der Waals surface area (Å²) in [4.78, 5) is 0. The Kier molecular flexibility index (Phi) is 4.72. The fourth-order valence-corrected chi connectivity index (χ4v) is 2.25. The number of nitrogens with one attached hydrogen (secondary N) is 1. The van der Waals surface area contributed by atoms with Gasteiger partial charge in [0.2, 0.25) is 0 Å². The van der Waals surface area contributed by atoms with Gasteiger partial charge in [-0.05, 0) is 5.56 Å². The summed E-state index contributed by atoms with van der Waals surface area (Å²) in [6, 6.07) is 10.0. The number of rotatable bonds is 6. The van der Waals surface area contributed by atoms with E-state index in [0.29, 0.717) is 32.6 Å². The Hall–Kier alpha value is -0.940. The summed E-state index contributed by atoms with van der Waals surface area (Å²) in [6.45, 7) is 2.13. The van der Waals surface area contributed by atoms with E-state index in [1.165, 1.54) is 5.56 Å². The largest absolute Gasteiger partial charge is 0.392 e. The highest BCUT2D eigenvalue weighted by molar-refractivity contribution is 5.14. The number of aliphatic hydroxyl groups is 2. The van der Waals surface area contributed by atoms with Crippen LogP contribution in [0.3, 0.4) is 0 Å². The molecule has 1 fully saturated rings. The molecule has 3 N–H and O–H groups in total. The molecule has 0 aliphatic carbocycles. The Morgan fingerprint density at radius 3 is 2.78 bits per heavy atom. The predicted octanol–water partition coefficient (Wildman–Crippen LogP) is 0.679. The van der Waals surface area contributed by atoms with E-state index in [4.69, 9.17) is 4.74 Å². The van der Waals surface area contributed by atoms with Crippen LogP contribution in [0.15, 0.2) is 30.3 Å². The van der Waals surface area contributed by atoms with Gasteiger partial charge in [0.25, 0.3) is 0 Å². The standard InChI is InChI=1S/C14H21NO3/c16-13(8-14(17)6-7-18-11-14)10-15-9-12-4-2-1-3-5-12/h1-5,13,15-17H,6-11H2. The molecule has 0 radical (unpaired) electrons. The maximum absolute atomic E-state index is 10.1. The molecule has 100 valence electrons. The molecule has 4 heteroatoms. The summed E-state index contributed by atoms with van der Waals surface area (Å²) in [6.07, 6.45) is 0.442. The van der Waals surface area contributed by atoms with Crippen molar-refractivity contribution in [1.82, 2.24) is 5.32 Å². The lowest BCUT2D eigenvalue weighted by atomic mass is 9.95. The van der Waals surface area contributed by atoms with Crippen molar-refractivity contribution in [3.05, 3.63) is 35.9 Å². The van der Waals surface area contributed by atoms with E-state index >= 15 is 0 Å². The summed E-state index contributed by atoms with van der Waals surface area (Å²) < 4.78 is 5.15. The minimum atomic E-state index is -0.839. The first-order valence-electron chi connectivity index (χ1n) is 6.41. The monoisotopic (exact) mass is 251 g/mol. The molecule has 2 unspecified atom stereocenters. The third kappa shape index (κ3) is 4.07. The normalized spacial score (nSPS) is 25.2. The molecule has 1 aliphatic rings. The SMILES string of the molecule is OC(CNCc1ccccc1)CC1(O)CCOC1. The Bertz CT molecular complexity index is 349. The first-order chi connectivity index (χ1) is 8.68. The Labute approximate surface area is 108 Å². The van der Waals surface area contributed by atoms with E-state index in [0.717, 1.165) is 6.54 Å². The van der Waals surface area contributed by atoms with Gasteiger partial charge in [-0.3, -0.25) is 0 Å². The van der Waals surface area contributed by atoms with Gasteiger partial charge in [0.05, 0.1) is 18.3 Å². The lowest BCUT2D eigenvalue weighted by Gasteiger charge is -2.23. The lowest BCUT2D eigenvalue weighted by molar-refractivity contribution is -0.0164. The van der Waals surface area contributed by atoms with Gasteiger partial charge in [0, 0.05) is 32.5 Å². The molecule has 1 saturated heterocycles. The van der Waals surface area contributed by atoms with Gasteiger partial charge < -0.3 is 20.3 Å². The third-order valence-corrected chi connectivity index (χ3v) is 3.25. The maximum Gasteiger partial charge on any atom is 0.0927 e. The Morgan fingerprint density at radius 1 is 1.33 bits per heavy atom. The molecular formula is C14H21NO3. The second kappa shape index (κ2) is 6.29. The fraction of sp³-hybridized carbons (Fsp3) is 0.571. The third-order valence-electron chi connectivity index (χ3n) is 3.25. The van der Waals surface area contributed by atoms with Gasteiger partial charge in [-0.25, -0.2) is 0 Å². The van der Waals surface area contributed by atoms with Crippen molar-refractivity contribution in [3.8, 4) is 0 Å². The zero-order valence-corrected chi connectivity index (χ0v) is 10.5. The van der Waals surface area contributed by atoms with E-state index in [1.807, 2.05) is 30.3 Å². The van der Waals surface area contributed by atoms with Crippen LogP contribution in [0.5, 0.6) is 0 Å². The summed E-state index contributed by atoms with van der Waals surface area (Å²) in [5.74, 6) is 0. The Morgan fingerprint density at radius 2 is 2.11 bits per heavy atom. The molecule has 1 aliphatic heterocycles. The smallest absolute Gasteiger partial charge is 0.0927 e. The van der Waals surface area contributed by atoms with Crippen LogP contribution in [0.1, 0.15) is 18.4 Å². The van der Waals surface area contributed by atoms with Gasteiger partial charge in [-0.15, -0.1) is 0 Å². The topological polar surface area (TPSA) is 61.7 Å². The van der Waals surface area contributed by atoms with Crippen LogP contribution >= 0.6 is 0 Å². The molecule has 0 saturated carbocycles. The van der Waals surface area contributed by atoms with Crippen LogP contribution in [0.25, 0.3) is 0 Å². The summed E-state index contributed by atoms with van der Waals surface area (Å²) in [7, 11) is 0. The number of ether oxygens (including phenoxy) is 1. The van der Waals surface area contributed by atoms with Gasteiger partial charge in [-0.1, -0.05) is 30.3 Å². The highest BCUT2D eigenvalue weighted by atomic mass is 16.5.